The Balaban J connectivity index is 1.64. The van der Waals surface area contributed by atoms with Crippen LogP contribution in [0.4, 0.5) is 14.5 Å². The van der Waals surface area contributed by atoms with E-state index in [1.165, 1.54) is 37.6 Å². The zero-order chi connectivity index (χ0) is 25.1. The Morgan fingerprint density at radius 2 is 2.03 bits per heavy atom. The summed E-state index contributed by atoms with van der Waals surface area (Å²) in [5, 5.41) is 2.79. The molecule has 0 aliphatic carbocycles. The molecule has 1 saturated heterocycles. The molecule has 3 N–H and O–H groups in total. The van der Waals surface area contributed by atoms with Crippen molar-refractivity contribution in [2.75, 3.05) is 12.4 Å². The van der Waals surface area contributed by atoms with E-state index in [1.54, 1.807) is 12.3 Å². The molecular formula is C26H28F2N4O3. The van der Waals surface area contributed by atoms with E-state index in [0.29, 0.717) is 12.1 Å². The number of pyridine rings is 2. The highest BCUT2D eigenvalue weighted by Gasteiger charge is 2.35. The Kier molecular flexibility index (Phi) is 7.37. The summed E-state index contributed by atoms with van der Waals surface area (Å²) in [6.45, 7) is 4.13. The molecule has 4 atom stereocenters. The molecule has 0 unspecified atom stereocenters. The maximum absolute atomic E-state index is 14.6. The molecule has 1 aliphatic rings. The van der Waals surface area contributed by atoms with Gasteiger partial charge in [-0.05, 0) is 49.1 Å². The van der Waals surface area contributed by atoms with Crippen molar-refractivity contribution in [1.29, 1.82) is 0 Å². The summed E-state index contributed by atoms with van der Waals surface area (Å²) in [7, 11) is 1.35. The van der Waals surface area contributed by atoms with Gasteiger partial charge in [0.2, 0.25) is 0 Å². The van der Waals surface area contributed by atoms with Crippen molar-refractivity contribution in [3.8, 4) is 17.0 Å². The molecule has 184 valence electrons. The standard InChI is InChI=1S/C26H28F2N4O3/c1-4-21-14(2)18(29)12-23(35-21)15-10-11-30-13-20(15)32-26(33)19-9-8-17(28)25(31-19)24-16(27)6-5-7-22(24)34-3/h5-11,13-14,18,21,23H,4,12,29H2,1-3H3,(H,32,33)/t14-,18-,21-,23-/m1/s1. The molecule has 0 saturated carbocycles. The topological polar surface area (TPSA) is 99.4 Å². The van der Waals surface area contributed by atoms with E-state index in [0.717, 1.165) is 18.1 Å². The monoisotopic (exact) mass is 482 g/mol. The van der Waals surface area contributed by atoms with Gasteiger partial charge in [0, 0.05) is 17.8 Å². The van der Waals surface area contributed by atoms with Crippen molar-refractivity contribution in [3.05, 3.63) is 71.7 Å². The van der Waals surface area contributed by atoms with Crippen molar-refractivity contribution in [2.24, 2.45) is 11.7 Å². The van der Waals surface area contributed by atoms with E-state index in [4.69, 9.17) is 15.2 Å². The summed E-state index contributed by atoms with van der Waals surface area (Å²) in [5.74, 6) is -1.77. The van der Waals surface area contributed by atoms with Gasteiger partial charge in [-0.25, -0.2) is 13.8 Å². The maximum atomic E-state index is 14.6. The number of ether oxygens (including phenoxy) is 2. The van der Waals surface area contributed by atoms with Crippen LogP contribution in [0.3, 0.4) is 0 Å². The van der Waals surface area contributed by atoms with Crippen LogP contribution in [0.5, 0.6) is 5.75 Å². The van der Waals surface area contributed by atoms with E-state index in [9.17, 15) is 13.6 Å². The maximum Gasteiger partial charge on any atom is 0.274 e. The number of aromatic nitrogens is 2. The third kappa shape index (κ3) is 5.01. The third-order valence-electron chi connectivity index (χ3n) is 6.45. The number of nitrogens with two attached hydrogens (primary N) is 1. The van der Waals surface area contributed by atoms with Gasteiger partial charge < -0.3 is 20.5 Å². The number of carbonyl (C=O) groups is 1. The number of nitrogens with zero attached hydrogens (tertiary/aromatic N) is 2. The van der Waals surface area contributed by atoms with Crippen LogP contribution in [-0.4, -0.2) is 35.1 Å². The molecule has 4 rings (SSSR count). The molecule has 0 radical (unpaired) electrons. The number of amides is 1. The van der Waals surface area contributed by atoms with E-state index in [1.807, 2.05) is 6.92 Å². The molecule has 0 bridgehead atoms. The summed E-state index contributed by atoms with van der Waals surface area (Å²) in [6.07, 6.45) is 4.24. The van der Waals surface area contributed by atoms with E-state index < -0.39 is 17.5 Å². The number of halogens is 2. The Labute approximate surface area is 202 Å². The number of methoxy groups -OCH3 is 1. The first-order valence-corrected chi connectivity index (χ1v) is 11.5. The fraction of sp³-hybridized carbons (Fsp3) is 0.346. The average Bonchev–Trinajstić information content (AvgIpc) is 2.86. The van der Waals surface area contributed by atoms with Crippen LogP contribution in [0, 0.1) is 17.6 Å². The van der Waals surface area contributed by atoms with Gasteiger partial charge in [-0.2, -0.15) is 0 Å². The van der Waals surface area contributed by atoms with Crippen LogP contribution < -0.4 is 15.8 Å². The van der Waals surface area contributed by atoms with Gasteiger partial charge in [-0.3, -0.25) is 9.78 Å². The number of carbonyl (C=O) groups excluding carboxylic acids is 1. The predicted molar refractivity (Wildman–Crippen MR) is 128 cm³/mol. The number of hydrogen-bond donors (Lipinski definition) is 2. The molecule has 2 aromatic heterocycles. The van der Waals surface area contributed by atoms with Crippen LogP contribution in [-0.2, 0) is 4.74 Å². The fourth-order valence-corrected chi connectivity index (χ4v) is 4.42. The minimum atomic E-state index is -0.781. The molecular weight excluding hydrogens is 454 g/mol. The summed E-state index contributed by atoms with van der Waals surface area (Å²) in [5.41, 5.74) is 6.98. The van der Waals surface area contributed by atoms with Gasteiger partial charge in [0.05, 0.1) is 36.8 Å². The summed E-state index contributed by atoms with van der Waals surface area (Å²) < 4.78 is 40.6. The Bertz CT molecular complexity index is 1220. The lowest BCUT2D eigenvalue weighted by Crippen LogP contribution is -2.44. The zero-order valence-corrected chi connectivity index (χ0v) is 19.8. The molecule has 9 heteroatoms. The summed E-state index contributed by atoms with van der Waals surface area (Å²) in [4.78, 5) is 21.4. The van der Waals surface area contributed by atoms with Crippen molar-refractivity contribution in [1.82, 2.24) is 9.97 Å². The second-order valence-corrected chi connectivity index (χ2v) is 8.59. The van der Waals surface area contributed by atoms with Gasteiger partial charge >= 0.3 is 0 Å². The van der Waals surface area contributed by atoms with Gasteiger partial charge in [0.15, 0.2) is 0 Å². The molecule has 3 aromatic rings. The summed E-state index contributed by atoms with van der Waals surface area (Å²) in [6, 6.07) is 8.15. The number of nitrogens with one attached hydrogen (secondary N) is 1. The minimum Gasteiger partial charge on any atom is -0.496 e. The smallest absolute Gasteiger partial charge is 0.274 e. The van der Waals surface area contributed by atoms with Gasteiger partial charge in [0.25, 0.3) is 5.91 Å². The number of benzene rings is 1. The first-order valence-electron chi connectivity index (χ1n) is 11.5. The Morgan fingerprint density at radius 1 is 1.23 bits per heavy atom. The highest BCUT2D eigenvalue weighted by Crippen LogP contribution is 2.38. The van der Waals surface area contributed by atoms with Crippen molar-refractivity contribution >= 4 is 11.6 Å². The molecule has 1 amide bonds. The van der Waals surface area contributed by atoms with Crippen LogP contribution in [0.1, 0.15) is 48.8 Å². The zero-order valence-electron chi connectivity index (χ0n) is 19.8. The van der Waals surface area contributed by atoms with Gasteiger partial charge in [-0.15, -0.1) is 0 Å². The quantitative estimate of drug-likeness (QED) is 0.519. The van der Waals surface area contributed by atoms with Crippen molar-refractivity contribution in [3.63, 3.8) is 0 Å². The number of anilines is 1. The van der Waals surface area contributed by atoms with E-state index in [2.05, 4.69) is 22.2 Å². The fourth-order valence-electron chi connectivity index (χ4n) is 4.42. The highest BCUT2D eigenvalue weighted by molar-refractivity contribution is 6.03. The average molecular weight is 483 g/mol. The molecule has 1 aliphatic heterocycles. The largest absolute Gasteiger partial charge is 0.496 e. The minimum absolute atomic E-state index is 0.00228. The normalized spacial score (nSPS) is 22.0. The second-order valence-electron chi connectivity index (χ2n) is 8.59. The van der Waals surface area contributed by atoms with Crippen LogP contribution in [0.25, 0.3) is 11.3 Å². The van der Waals surface area contributed by atoms with E-state index >= 15 is 0 Å². The molecule has 7 nitrogen and oxygen atoms in total. The molecule has 1 fully saturated rings. The van der Waals surface area contributed by atoms with Crippen molar-refractivity contribution < 1.29 is 23.0 Å². The SMILES string of the molecule is CC[C@H]1O[C@@H](c2ccncc2NC(=O)c2ccc(F)c(-c3c(F)cccc3OC)n2)C[C@@H](N)[C@H]1C. The summed E-state index contributed by atoms with van der Waals surface area (Å²) >= 11 is 0. The molecule has 3 heterocycles. The number of rotatable bonds is 6. The first-order chi connectivity index (χ1) is 16.8. The predicted octanol–water partition coefficient (Wildman–Crippen LogP) is 4.89. The Hall–Kier alpha value is -3.43. The van der Waals surface area contributed by atoms with Gasteiger partial charge in [0.1, 0.15) is 28.8 Å². The van der Waals surface area contributed by atoms with Gasteiger partial charge in [-0.1, -0.05) is 19.9 Å². The first kappa shape index (κ1) is 24.7. The molecule has 35 heavy (non-hydrogen) atoms. The van der Waals surface area contributed by atoms with Crippen LogP contribution in [0.2, 0.25) is 0 Å². The van der Waals surface area contributed by atoms with Crippen LogP contribution >= 0.6 is 0 Å². The highest BCUT2D eigenvalue weighted by atomic mass is 19.1. The molecule has 0 spiro atoms. The second kappa shape index (κ2) is 10.5. The van der Waals surface area contributed by atoms with Crippen LogP contribution in [0.15, 0.2) is 48.8 Å². The number of hydrogen-bond acceptors (Lipinski definition) is 6. The lowest BCUT2D eigenvalue weighted by Gasteiger charge is -2.39. The lowest BCUT2D eigenvalue weighted by molar-refractivity contribution is -0.0897. The van der Waals surface area contributed by atoms with E-state index in [-0.39, 0.29) is 46.9 Å². The lowest BCUT2D eigenvalue weighted by atomic mass is 9.85. The Morgan fingerprint density at radius 3 is 2.77 bits per heavy atom. The molecule has 1 aromatic carbocycles. The third-order valence-corrected chi connectivity index (χ3v) is 6.45. The van der Waals surface area contributed by atoms with Crippen molar-refractivity contribution in [2.45, 2.75) is 44.9 Å².